The number of hydrogen-bond donors (Lipinski definition) is 2. The molecular weight excluding hydrogens is 236 g/mol. The molecule has 2 N–H and O–H groups in total. The predicted octanol–water partition coefficient (Wildman–Crippen LogP) is 2.78. The zero-order chi connectivity index (χ0) is 12.5. The largest absolute Gasteiger partial charge is 0.309 e. The van der Waals surface area contributed by atoms with Gasteiger partial charge in [-0.1, -0.05) is 0 Å². The SMILES string of the molecule is Fc1ccc(-c2cc(C3CCCN3)[nH]n2)cc1F. The minimum atomic E-state index is -0.851. The Labute approximate surface area is 103 Å². The molecule has 0 radical (unpaired) electrons. The molecule has 0 amide bonds. The number of nitrogens with one attached hydrogen (secondary N) is 2. The maximum atomic E-state index is 13.1. The summed E-state index contributed by atoms with van der Waals surface area (Å²) in [7, 11) is 0. The van der Waals surface area contributed by atoms with Crippen molar-refractivity contribution in [2.45, 2.75) is 18.9 Å². The highest BCUT2D eigenvalue weighted by molar-refractivity contribution is 5.59. The third kappa shape index (κ3) is 2.01. The molecule has 3 rings (SSSR count). The molecule has 2 heterocycles. The van der Waals surface area contributed by atoms with Crippen LogP contribution in [-0.2, 0) is 0 Å². The summed E-state index contributed by atoms with van der Waals surface area (Å²) in [5.41, 5.74) is 2.21. The second-order valence-corrected chi connectivity index (χ2v) is 4.49. The number of nitrogens with zero attached hydrogens (tertiary/aromatic N) is 1. The average molecular weight is 249 g/mol. The van der Waals surface area contributed by atoms with E-state index < -0.39 is 11.6 Å². The number of aromatic nitrogens is 2. The fraction of sp³-hybridized carbons (Fsp3) is 0.308. The van der Waals surface area contributed by atoms with Crippen LogP contribution >= 0.6 is 0 Å². The van der Waals surface area contributed by atoms with Gasteiger partial charge in [0.15, 0.2) is 11.6 Å². The molecule has 5 heteroatoms. The number of hydrogen-bond acceptors (Lipinski definition) is 2. The van der Waals surface area contributed by atoms with E-state index in [2.05, 4.69) is 15.5 Å². The van der Waals surface area contributed by atoms with Crippen LogP contribution < -0.4 is 5.32 Å². The van der Waals surface area contributed by atoms with E-state index in [0.29, 0.717) is 11.3 Å². The summed E-state index contributed by atoms with van der Waals surface area (Å²) in [6.07, 6.45) is 2.21. The number of halogens is 2. The summed E-state index contributed by atoms with van der Waals surface area (Å²) in [6.45, 7) is 1.00. The lowest BCUT2D eigenvalue weighted by Gasteiger charge is -2.05. The zero-order valence-corrected chi connectivity index (χ0v) is 9.71. The molecule has 1 aromatic carbocycles. The van der Waals surface area contributed by atoms with Crippen molar-refractivity contribution in [3.05, 3.63) is 41.6 Å². The van der Waals surface area contributed by atoms with Gasteiger partial charge in [0.25, 0.3) is 0 Å². The topological polar surface area (TPSA) is 40.7 Å². The Morgan fingerprint density at radius 2 is 2.06 bits per heavy atom. The van der Waals surface area contributed by atoms with E-state index in [4.69, 9.17) is 0 Å². The average Bonchev–Trinajstić information content (AvgIpc) is 3.01. The molecule has 0 aliphatic carbocycles. The second-order valence-electron chi connectivity index (χ2n) is 4.49. The van der Waals surface area contributed by atoms with Crippen molar-refractivity contribution in [3.63, 3.8) is 0 Å². The highest BCUT2D eigenvalue weighted by Gasteiger charge is 2.18. The van der Waals surface area contributed by atoms with E-state index >= 15 is 0 Å². The summed E-state index contributed by atoms with van der Waals surface area (Å²) in [5.74, 6) is -1.69. The molecule has 18 heavy (non-hydrogen) atoms. The second kappa shape index (κ2) is 4.49. The molecule has 3 nitrogen and oxygen atoms in total. The Morgan fingerprint density at radius 3 is 2.78 bits per heavy atom. The third-order valence-corrected chi connectivity index (χ3v) is 3.25. The Morgan fingerprint density at radius 1 is 1.17 bits per heavy atom. The number of aromatic amines is 1. The van der Waals surface area contributed by atoms with Gasteiger partial charge in [0, 0.05) is 11.6 Å². The molecule has 2 aromatic rings. The fourth-order valence-electron chi connectivity index (χ4n) is 2.27. The Kier molecular flexibility index (Phi) is 2.83. The van der Waals surface area contributed by atoms with Crippen molar-refractivity contribution < 1.29 is 8.78 Å². The van der Waals surface area contributed by atoms with Crippen LogP contribution in [0.4, 0.5) is 8.78 Å². The van der Waals surface area contributed by atoms with Crippen LogP contribution in [0.5, 0.6) is 0 Å². The summed E-state index contributed by atoms with van der Waals surface area (Å²) < 4.78 is 26.0. The first kappa shape index (κ1) is 11.3. The minimum Gasteiger partial charge on any atom is -0.309 e. The lowest BCUT2D eigenvalue weighted by Crippen LogP contribution is -2.12. The molecule has 1 aromatic heterocycles. The number of H-pyrrole nitrogens is 1. The van der Waals surface area contributed by atoms with Crippen molar-refractivity contribution in [1.29, 1.82) is 0 Å². The third-order valence-electron chi connectivity index (χ3n) is 3.25. The van der Waals surface area contributed by atoms with Crippen molar-refractivity contribution >= 4 is 0 Å². The molecular formula is C13H13F2N3. The first-order valence-electron chi connectivity index (χ1n) is 5.98. The van der Waals surface area contributed by atoms with Crippen LogP contribution in [0.1, 0.15) is 24.6 Å². The maximum absolute atomic E-state index is 13.1. The lowest BCUT2D eigenvalue weighted by atomic mass is 10.1. The van der Waals surface area contributed by atoms with Crippen LogP contribution in [0, 0.1) is 11.6 Å². The standard InChI is InChI=1S/C13H13F2N3/c14-9-4-3-8(6-10(9)15)12-7-13(18-17-12)11-2-1-5-16-11/h3-4,6-7,11,16H,1-2,5H2,(H,17,18). The van der Waals surface area contributed by atoms with Gasteiger partial charge >= 0.3 is 0 Å². The Balaban J connectivity index is 1.89. The molecule has 1 aliphatic heterocycles. The van der Waals surface area contributed by atoms with Gasteiger partial charge in [-0.2, -0.15) is 5.10 Å². The van der Waals surface area contributed by atoms with E-state index in [-0.39, 0.29) is 6.04 Å². The van der Waals surface area contributed by atoms with Crippen molar-refractivity contribution in [2.24, 2.45) is 0 Å². The molecule has 94 valence electrons. The first-order valence-corrected chi connectivity index (χ1v) is 5.98. The minimum absolute atomic E-state index is 0.288. The smallest absolute Gasteiger partial charge is 0.159 e. The van der Waals surface area contributed by atoms with E-state index in [0.717, 1.165) is 37.2 Å². The summed E-state index contributed by atoms with van der Waals surface area (Å²) in [6, 6.07) is 5.98. The first-order chi connectivity index (χ1) is 8.74. The van der Waals surface area contributed by atoms with Crippen LogP contribution in [0.3, 0.4) is 0 Å². The van der Waals surface area contributed by atoms with E-state index in [9.17, 15) is 8.78 Å². The van der Waals surface area contributed by atoms with E-state index in [1.165, 1.54) is 6.07 Å². The van der Waals surface area contributed by atoms with Gasteiger partial charge in [0.2, 0.25) is 0 Å². The van der Waals surface area contributed by atoms with Crippen LogP contribution in [0.25, 0.3) is 11.3 Å². The molecule has 1 atom stereocenters. The normalized spacial score (nSPS) is 19.3. The molecule has 0 spiro atoms. The van der Waals surface area contributed by atoms with Gasteiger partial charge in [-0.15, -0.1) is 0 Å². The molecule has 1 fully saturated rings. The van der Waals surface area contributed by atoms with Gasteiger partial charge in [-0.05, 0) is 43.7 Å². The van der Waals surface area contributed by atoms with Crippen molar-refractivity contribution in [3.8, 4) is 11.3 Å². The van der Waals surface area contributed by atoms with Crippen LogP contribution in [-0.4, -0.2) is 16.7 Å². The fourth-order valence-corrected chi connectivity index (χ4v) is 2.27. The van der Waals surface area contributed by atoms with Crippen LogP contribution in [0.15, 0.2) is 24.3 Å². The number of rotatable bonds is 2. The van der Waals surface area contributed by atoms with E-state index in [1.807, 2.05) is 6.07 Å². The predicted molar refractivity (Wildman–Crippen MR) is 63.9 cm³/mol. The summed E-state index contributed by atoms with van der Waals surface area (Å²) in [4.78, 5) is 0. The molecule has 0 bridgehead atoms. The van der Waals surface area contributed by atoms with Gasteiger partial charge in [-0.25, -0.2) is 8.78 Å². The Hall–Kier alpha value is -1.75. The Bertz CT molecular complexity index is 559. The van der Waals surface area contributed by atoms with Gasteiger partial charge < -0.3 is 5.32 Å². The maximum Gasteiger partial charge on any atom is 0.159 e. The van der Waals surface area contributed by atoms with Crippen molar-refractivity contribution in [1.82, 2.24) is 15.5 Å². The lowest BCUT2D eigenvalue weighted by molar-refractivity contribution is 0.509. The summed E-state index contributed by atoms with van der Waals surface area (Å²) in [5, 5.41) is 10.5. The quantitative estimate of drug-likeness (QED) is 0.859. The van der Waals surface area contributed by atoms with Gasteiger partial charge in [0.05, 0.1) is 11.4 Å². The summed E-state index contributed by atoms with van der Waals surface area (Å²) >= 11 is 0. The monoisotopic (exact) mass is 249 g/mol. The van der Waals surface area contributed by atoms with Crippen LogP contribution in [0.2, 0.25) is 0 Å². The molecule has 1 aliphatic rings. The van der Waals surface area contributed by atoms with Crippen molar-refractivity contribution in [2.75, 3.05) is 6.54 Å². The highest BCUT2D eigenvalue weighted by Crippen LogP contribution is 2.26. The van der Waals surface area contributed by atoms with Gasteiger partial charge in [-0.3, -0.25) is 5.10 Å². The van der Waals surface area contributed by atoms with Gasteiger partial charge in [0.1, 0.15) is 0 Å². The zero-order valence-electron chi connectivity index (χ0n) is 9.71. The highest BCUT2D eigenvalue weighted by atomic mass is 19.2. The molecule has 1 saturated heterocycles. The molecule has 1 unspecified atom stereocenters. The molecule has 0 saturated carbocycles. The van der Waals surface area contributed by atoms with E-state index in [1.54, 1.807) is 0 Å². The number of benzene rings is 1.